The lowest BCUT2D eigenvalue weighted by atomic mass is 9.98. The number of ether oxygens (including phenoxy) is 1. The Labute approximate surface area is 149 Å². The first-order valence-corrected chi connectivity index (χ1v) is 8.08. The fraction of sp³-hybridized carbons (Fsp3) is 0.100. The third-order valence-corrected chi connectivity index (χ3v) is 4.39. The fourth-order valence-corrected chi connectivity index (χ4v) is 3.26. The second-order valence-electron chi connectivity index (χ2n) is 5.92. The van der Waals surface area contributed by atoms with Crippen LogP contribution in [0.5, 0.6) is 0 Å². The summed E-state index contributed by atoms with van der Waals surface area (Å²) in [6, 6.07) is 18.7. The average Bonchev–Trinajstić information content (AvgIpc) is 3.23. The third-order valence-electron chi connectivity index (χ3n) is 4.39. The van der Waals surface area contributed by atoms with Crippen molar-refractivity contribution in [3.05, 3.63) is 77.6 Å². The van der Waals surface area contributed by atoms with Gasteiger partial charge in [0.25, 0.3) is 0 Å². The van der Waals surface area contributed by atoms with Gasteiger partial charge in [-0.1, -0.05) is 48.5 Å². The predicted octanol–water partition coefficient (Wildman–Crippen LogP) is 4.34. The van der Waals surface area contributed by atoms with Gasteiger partial charge < -0.3 is 14.3 Å². The molecule has 3 aromatic rings. The van der Waals surface area contributed by atoms with E-state index >= 15 is 0 Å². The highest BCUT2D eigenvalue weighted by Gasteiger charge is 2.29. The van der Waals surface area contributed by atoms with Gasteiger partial charge in [0.15, 0.2) is 0 Å². The van der Waals surface area contributed by atoms with Crippen LogP contribution < -0.4 is 5.32 Å². The Bertz CT molecular complexity index is 946. The summed E-state index contributed by atoms with van der Waals surface area (Å²) in [6.45, 7) is 0.173. The minimum Gasteiger partial charge on any atom is -0.475 e. The number of benzene rings is 2. The second-order valence-corrected chi connectivity index (χ2v) is 5.92. The third kappa shape index (κ3) is 2.82. The van der Waals surface area contributed by atoms with E-state index in [1.807, 2.05) is 36.4 Å². The van der Waals surface area contributed by atoms with E-state index in [4.69, 9.17) is 14.3 Å². The highest BCUT2D eigenvalue weighted by atomic mass is 16.6. The summed E-state index contributed by atoms with van der Waals surface area (Å²) < 4.78 is 10.3. The van der Waals surface area contributed by atoms with E-state index in [0.29, 0.717) is 0 Å². The zero-order chi connectivity index (χ0) is 18.1. The van der Waals surface area contributed by atoms with Gasteiger partial charge in [0, 0.05) is 12.0 Å². The highest BCUT2D eigenvalue weighted by Crippen LogP contribution is 2.44. The molecule has 0 fully saturated rings. The SMILES string of the molecule is O=C(Nc1ccc(C(=O)O)o1)OCC1c2ccccc2-c2ccccc21. The maximum atomic E-state index is 12.0. The van der Waals surface area contributed by atoms with Gasteiger partial charge in [0.05, 0.1) is 0 Å². The predicted molar refractivity (Wildman–Crippen MR) is 94.4 cm³/mol. The monoisotopic (exact) mass is 349 g/mol. The van der Waals surface area contributed by atoms with E-state index in [9.17, 15) is 9.59 Å². The molecule has 1 aromatic heterocycles. The van der Waals surface area contributed by atoms with Crippen LogP contribution >= 0.6 is 0 Å². The molecule has 130 valence electrons. The van der Waals surface area contributed by atoms with E-state index in [1.165, 1.54) is 12.1 Å². The van der Waals surface area contributed by atoms with Gasteiger partial charge in [-0.3, -0.25) is 5.32 Å². The van der Waals surface area contributed by atoms with Crippen LogP contribution in [0, 0.1) is 0 Å². The Morgan fingerprint density at radius 1 is 0.962 bits per heavy atom. The molecule has 6 nitrogen and oxygen atoms in total. The summed E-state index contributed by atoms with van der Waals surface area (Å²) in [7, 11) is 0. The number of carbonyl (C=O) groups excluding carboxylic acids is 1. The molecule has 0 atom stereocenters. The van der Waals surface area contributed by atoms with Crippen LogP contribution in [0.4, 0.5) is 10.7 Å². The zero-order valence-electron chi connectivity index (χ0n) is 13.6. The molecule has 4 rings (SSSR count). The van der Waals surface area contributed by atoms with Crippen molar-refractivity contribution < 1.29 is 23.8 Å². The molecule has 1 heterocycles. The van der Waals surface area contributed by atoms with Gasteiger partial charge in [-0.15, -0.1) is 0 Å². The van der Waals surface area contributed by atoms with Crippen molar-refractivity contribution in [1.29, 1.82) is 0 Å². The number of carboxylic acid groups (broad SMARTS) is 1. The van der Waals surface area contributed by atoms with E-state index in [2.05, 4.69) is 17.4 Å². The number of hydrogen-bond donors (Lipinski definition) is 2. The highest BCUT2D eigenvalue weighted by molar-refractivity contribution is 5.87. The molecule has 1 aliphatic carbocycles. The van der Waals surface area contributed by atoms with E-state index in [-0.39, 0.29) is 24.2 Å². The Hall–Kier alpha value is -3.54. The average molecular weight is 349 g/mol. The smallest absolute Gasteiger partial charge is 0.414 e. The summed E-state index contributed by atoms with van der Waals surface area (Å²) >= 11 is 0. The number of fused-ring (bicyclic) bond motifs is 3. The molecule has 0 aliphatic heterocycles. The minimum atomic E-state index is -1.20. The van der Waals surface area contributed by atoms with Gasteiger partial charge in [-0.05, 0) is 28.3 Å². The van der Waals surface area contributed by atoms with Crippen LogP contribution in [0.25, 0.3) is 11.1 Å². The summed E-state index contributed by atoms with van der Waals surface area (Å²) in [5.41, 5.74) is 4.53. The standard InChI is InChI=1S/C20H15NO5/c22-19(23)17-9-10-18(26-17)21-20(24)25-11-16-14-7-3-1-5-12(14)13-6-2-4-8-15(13)16/h1-10,16H,11H2,(H,21,24)(H,22,23). The first-order chi connectivity index (χ1) is 12.6. The Morgan fingerprint density at radius 2 is 1.58 bits per heavy atom. The van der Waals surface area contributed by atoms with Gasteiger partial charge in [-0.25, -0.2) is 9.59 Å². The lowest BCUT2D eigenvalue weighted by Crippen LogP contribution is -2.17. The zero-order valence-corrected chi connectivity index (χ0v) is 13.6. The maximum Gasteiger partial charge on any atom is 0.414 e. The quantitative estimate of drug-likeness (QED) is 0.731. The molecule has 2 aromatic carbocycles. The molecule has 1 amide bonds. The number of anilines is 1. The molecule has 6 heteroatoms. The van der Waals surface area contributed by atoms with Gasteiger partial charge >= 0.3 is 12.1 Å². The molecule has 0 radical (unpaired) electrons. The number of amides is 1. The van der Waals surface area contributed by atoms with Crippen molar-refractivity contribution in [2.45, 2.75) is 5.92 Å². The van der Waals surface area contributed by atoms with Crippen LogP contribution in [0.15, 0.2) is 65.1 Å². The largest absolute Gasteiger partial charge is 0.475 e. The van der Waals surface area contributed by atoms with Crippen molar-refractivity contribution in [3.63, 3.8) is 0 Å². The van der Waals surface area contributed by atoms with Crippen molar-refractivity contribution in [2.75, 3.05) is 11.9 Å². The number of carbonyl (C=O) groups is 2. The second kappa shape index (κ2) is 6.40. The molecule has 0 spiro atoms. The number of rotatable bonds is 4. The van der Waals surface area contributed by atoms with Crippen LogP contribution in [-0.4, -0.2) is 23.8 Å². The molecule has 2 N–H and O–H groups in total. The molecule has 0 bridgehead atoms. The Kier molecular flexibility index (Phi) is 3.93. The van der Waals surface area contributed by atoms with Crippen LogP contribution in [-0.2, 0) is 4.74 Å². The normalized spacial score (nSPS) is 12.3. The molecule has 0 saturated carbocycles. The summed E-state index contributed by atoms with van der Waals surface area (Å²) in [5, 5.41) is 11.2. The number of aromatic carboxylic acids is 1. The van der Waals surface area contributed by atoms with Crippen molar-refractivity contribution in [3.8, 4) is 11.1 Å². The van der Waals surface area contributed by atoms with Crippen LogP contribution in [0.2, 0.25) is 0 Å². The molecule has 0 saturated heterocycles. The van der Waals surface area contributed by atoms with E-state index in [0.717, 1.165) is 22.3 Å². The lowest BCUT2D eigenvalue weighted by Gasteiger charge is -2.14. The first kappa shape index (κ1) is 16.0. The van der Waals surface area contributed by atoms with Crippen LogP contribution in [0.1, 0.15) is 27.6 Å². The minimum absolute atomic E-state index is 0.0274. The van der Waals surface area contributed by atoms with Gasteiger partial charge in [-0.2, -0.15) is 0 Å². The molecule has 0 unspecified atom stereocenters. The maximum absolute atomic E-state index is 12.0. The number of carboxylic acids is 1. The van der Waals surface area contributed by atoms with Gasteiger partial charge in [0.1, 0.15) is 6.61 Å². The van der Waals surface area contributed by atoms with Crippen molar-refractivity contribution >= 4 is 17.9 Å². The van der Waals surface area contributed by atoms with Crippen LogP contribution in [0.3, 0.4) is 0 Å². The molecular weight excluding hydrogens is 334 g/mol. The molecule has 26 heavy (non-hydrogen) atoms. The summed E-state index contributed by atoms with van der Waals surface area (Å²) in [5.74, 6) is -1.47. The number of hydrogen-bond acceptors (Lipinski definition) is 4. The molecule has 1 aliphatic rings. The van der Waals surface area contributed by atoms with Gasteiger partial charge in [0.2, 0.25) is 11.6 Å². The number of furan rings is 1. The first-order valence-electron chi connectivity index (χ1n) is 8.08. The lowest BCUT2D eigenvalue weighted by molar-refractivity contribution is 0.0663. The van der Waals surface area contributed by atoms with Crippen molar-refractivity contribution in [2.24, 2.45) is 0 Å². The summed E-state index contributed by atoms with van der Waals surface area (Å²) in [4.78, 5) is 22.8. The van der Waals surface area contributed by atoms with E-state index < -0.39 is 12.1 Å². The topological polar surface area (TPSA) is 88.8 Å². The Morgan fingerprint density at radius 3 is 2.15 bits per heavy atom. The van der Waals surface area contributed by atoms with E-state index in [1.54, 1.807) is 0 Å². The molecular formula is C20H15NO5. The van der Waals surface area contributed by atoms with Crippen molar-refractivity contribution in [1.82, 2.24) is 0 Å². The summed E-state index contributed by atoms with van der Waals surface area (Å²) in [6.07, 6.45) is -0.696. The fourth-order valence-electron chi connectivity index (χ4n) is 3.26. The Balaban J connectivity index is 1.47. The number of nitrogens with one attached hydrogen (secondary N) is 1.